The van der Waals surface area contributed by atoms with Crippen LogP contribution in [0.25, 0.3) is 33.3 Å². The van der Waals surface area contributed by atoms with Crippen LogP contribution in [0, 0.1) is 36.5 Å². The number of aryl methyl sites for hydroxylation is 2. The lowest BCUT2D eigenvalue weighted by atomic mass is 9.87. The molecule has 0 spiro atoms. The number of rotatable bonds is 2. The minimum absolute atomic E-state index is 0.347. The van der Waals surface area contributed by atoms with E-state index in [-0.39, 0.29) is 0 Å². The van der Waals surface area contributed by atoms with E-state index >= 15 is 0 Å². The summed E-state index contributed by atoms with van der Waals surface area (Å²) in [5.74, 6) is 0. The molecule has 1 aromatic heterocycles. The Morgan fingerprint density at radius 2 is 1.19 bits per heavy atom. The van der Waals surface area contributed by atoms with Crippen molar-refractivity contribution in [3.05, 3.63) is 70.8 Å². The maximum Gasteiger partial charge on any atom is 0.114 e. The van der Waals surface area contributed by atoms with Crippen molar-refractivity contribution >= 4 is 22.8 Å². The molecule has 4 nitrogen and oxygen atoms in total. The van der Waals surface area contributed by atoms with Gasteiger partial charge in [-0.25, -0.2) is 0 Å². The molecular formula is C22H14N4S. The van der Waals surface area contributed by atoms with Gasteiger partial charge in [0.15, 0.2) is 0 Å². The average molecular weight is 366 g/mol. The van der Waals surface area contributed by atoms with Crippen LogP contribution < -0.4 is 0 Å². The number of benzene rings is 3. The zero-order valence-corrected chi connectivity index (χ0v) is 15.6. The van der Waals surface area contributed by atoms with E-state index in [1.807, 2.05) is 62.4 Å². The number of hydrogen-bond acceptors (Lipinski definition) is 5. The molecule has 0 aliphatic carbocycles. The van der Waals surface area contributed by atoms with Gasteiger partial charge in [0, 0.05) is 11.1 Å². The fourth-order valence-corrected chi connectivity index (χ4v) is 3.95. The molecule has 0 aliphatic rings. The Morgan fingerprint density at radius 3 is 1.56 bits per heavy atom. The molecule has 0 N–H and O–H groups in total. The van der Waals surface area contributed by atoms with E-state index in [1.54, 1.807) is 0 Å². The largest absolute Gasteiger partial charge is 0.192 e. The van der Waals surface area contributed by atoms with Crippen molar-refractivity contribution < 1.29 is 0 Å². The molecule has 4 rings (SSSR count). The predicted molar refractivity (Wildman–Crippen MR) is 107 cm³/mol. The first-order chi connectivity index (χ1) is 13.1. The summed E-state index contributed by atoms with van der Waals surface area (Å²) in [4.78, 5) is 0. The van der Waals surface area contributed by atoms with E-state index in [4.69, 9.17) is 0 Å². The van der Waals surface area contributed by atoms with Crippen LogP contribution >= 0.6 is 11.7 Å². The van der Waals surface area contributed by atoms with E-state index in [2.05, 4.69) is 20.9 Å². The van der Waals surface area contributed by atoms with E-state index in [9.17, 15) is 10.5 Å². The first kappa shape index (κ1) is 16.9. The normalized spacial score (nSPS) is 10.5. The van der Waals surface area contributed by atoms with E-state index in [1.165, 1.54) is 0 Å². The summed E-state index contributed by atoms with van der Waals surface area (Å²) in [7, 11) is 0. The first-order valence-corrected chi connectivity index (χ1v) is 9.13. The molecule has 0 unspecified atom stereocenters. The molecule has 128 valence electrons. The van der Waals surface area contributed by atoms with Gasteiger partial charge < -0.3 is 0 Å². The van der Waals surface area contributed by atoms with Crippen LogP contribution in [0.2, 0.25) is 0 Å². The third kappa shape index (κ3) is 2.75. The van der Waals surface area contributed by atoms with Crippen LogP contribution in [0.1, 0.15) is 22.3 Å². The van der Waals surface area contributed by atoms with Crippen LogP contribution in [0.4, 0.5) is 0 Å². The van der Waals surface area contributed by atoms with Crippen LogP contribution in [0.15, 0.2) is 48.5 Å². The van der Waals surface area contributed by atoms with Crippen LogP contribution in [-0.2, 0) is 0 Å². The van der Waals surface area contributed by atoms with Gasteiger partial charge in [-0.05, 0) is 25.0 Å². The Kier molecular flexibility index (Phi) is 4.16. The smallest absolute Gasteiger partial charge is 0.114 e. The highest BCUT2D eigenvalue weighted by Crippen LogP contribution is 2.40. The van der Waals surface area contributed by atoms with Crippen molar-refractivity contribution in [1.29, 1.82) is 10.5 Å². The van der Waals surface area contributed by atoms with E-state index in [0.717, 1.165) is 34.0 Å². The van der Waals surface area contributed by atoms with Gasteiger partial charge in [-0.2, -0.15) is 19.3 Å². The molecule has 0 fully saturated rings. The van der Waals surface area contributed by atoms with Crippen molar-refractivity contribution in [1.82, 2.24) is 8.75 Å². The van der Waals surface area contributed by atoms with Gasteiger partial charge in [-0.1, -0.05) is 59.7 Å². The molecule has 0 bridgehead atoms. The lowest BCUT2D eigenvalue weighted by molar-refractivity contribution is 1.41. The van der Waals surface area contributed by atoms with Crippen molar-refractivity contribution in [2.24, 2.45) is 0 Å². The first-order valence-electron chi connectivity index (χ1n) is 8.40. The highest BCUT2D eigenvalue weighted by molar-refractivity contribution is 7.00. The van der Waals surface area contributed by atoms with E-state index < -0.39 is 0 Å². The summed E-state index contributed by atoms with van der Waals surface area (Å²) in [5, 5.41) is 19.9. The van der Waals surface area contributed by atoms with Crippen LogP contribution in [-0.4, -0.2) is 8.75 Å². The number of fused-ring (bicyclic) bond motifs is 1. The topological polar surface area (TPSA) is 73.4 Å². The summed E-state index contributed by atoms with van der Waals surface area (Å²) in [5.41, 5.74) is 7.28. The lowest BCUT2D eigenvalue weighted by Gasteiger charge is -2.13. The van der Waals surface area contributed by atoms with Gasteiger partial charge in [-0.15, -0.1) is 0 Å². The summed E-state index contributed by atoms with van der Waals surface area (Å²) >= 11 is 1.10. The minimum atomic E-state index is 0.347. The lowest BCUT2D eigenvalue weighted by Crippen LogP contribution is -1.97. The van der Waals surface area contributed by atoms with Crippen molar-refractivity contribution in [2.75, 3.05) is 0 Å². The molecule has 27 heavy (non-hydrogen) atoms. The van der Waals surface area contributed by atoms with Gasteiger partial charge in [0.2, 0.25) is 0 Å². The zero-order chi connectivity index (χ0) is 19.0. The molecule has 0 aliphatic heterocycles. The third-order valence-corrected chi connectivity index (χ3v) is 5.08. The Labute approximate surface area is 161 Å². The Balaban J connectivity index is 2.18. The molecule has 0 amide bonds. The van der Waals surface area contributed by atoms with Gasteiger partial charge in [0.05, 0.1) is 22.9 Å². The van der Waals surface area contributed by atoms with Crippen molar-refractivity contribution in [3.63, 3.8) is 0 Å². The van der Waals surface area contributed by atoms with Gasteiger partial charge in [0.25, 0.3) is 0 Å². The molecule has 0 radical (unpaired) electrons. The minimum Gasteiger partial charge on any atom is -0.192 e. The SMILES string of the molecule is Cc1cccc(-c2c(C#N)c(C#N)c(-c3cccc(C)c3)c3nsnc23)c1. The summed E-state index contributed by atoms with van der Waals surface area (Å²) in [6.45, 7) is 4.00. The zero-order valence-electron chi connectivity index (χ0n) is 14.8. The van der Waals surface area contributed by atoms with Crippen molar-refractivity contribution in [2.45, 2.75) is 13.8 Å². The second kappa shape index (κ2) is 6.64. The van der Waals surface area contributed by atoms with Gasteiger partial charge in [-0.3, -0.25) is 0 Å². The second-order valence-electron chi connectivity index (χ2n) is 6.42. The fraction of sp³-hybridized carbons (Fsp3) is 0.0909. The number of aromatic nitrogens is 2. The molecule has 1 heterocycles. The third-order valence-electron chi connectivity index (χ3n) is 4.55. The Morgan fingerprint density at radius 1 is 0.741 bits per heavy atom. The molecule has 5 heteroatoms. The number of nitrogens with zero attached hydrogens (tertiary/aromatic N) is 4. The maximum absolute atomic E-state index is 9.94. The Bertz CT molecular complexity index is 1170. The number of hydrogen-bond donors (Lipinski definition) is 0. The molecular weight excluding hydrogens is 352 g/mol. The van der Waals surface area contributed by atoms with Crippen molar-refractivity contribution in [3.8, 4) is 34.4 Å². The standard InChI is InChI=1S/C22H14N4S/c1-13-5-3-7-15(9-13)19-17(11-23)18(12-24)20(22-21(19)25-27-26-22)16-8-4-6-14(2)10-16/h3-10H,1-2H3. The highest BCUT2D eigenvalue weighted by Gasteiger charge is 2.24. The Hall–Kier alpha value is -3.54. The summed E-state index contributed by atoms with van der Waals surface area (Å²) < 4.78 is 8.97. The van der Waals surface area contributed by atoms with Crippen LogP contribution in [0.5, 0.6) is 0 Å². The quantitative estimate of drug-likeness (QED) is 0.477. The number of nitriles is 2. The summed E-state index contributed by atoms with van der Waals surface area (Å²) in [6, 6.07) is 20.3. The second-order valence-corrected chi connectivity index (χ2v) is 6.95. The highest BCUT2D eigenvalue weighted by atomic mass is 32.1. The predicted octanol–water partition coefficient (Wildman–Crippen LogP) is 5.39. The molecule has 4 aromatic rings. The van der Waals surface area contributed by atoms with Gasteiger partial charge in [0.1, 0.15) is 23.2 Å². The van der Waals surface area contributed by atoms with E-state index in [0.29, 0.717) is 33.3 Å². The fourth-order valence-electron chi connectivity index (χ4n) is 3.39. The molecule has 0 saturated heterocycles. The average Bonchev–Trinajstić information content (AvgIpc) is 3.14. The molecule has 0 saturated carbocycles. The maximum atomic E-state index is 9.94. The monoisotopic (exact) mass is 366 g/mol. The van der Waals surface area contributed by atoms with Crippen LogP contribution in [0.3, 0.4) is 0 Å². The summed E-state index contributed by atoms with van der Waals surface area (Å²) in [6.07, 6.45) is 0. The van der Waals surface area contributed by atoms with Gasteiger partial charge >= 0.3 is 0 Å². The molecule has 0 atom stereocenters. The molecule has 3 aromatic carbocycles.